The maximum Gasteiger partial charge on any atom is 0.263 e. The summed E-state index contributed by atoms with van der Waals surface area (Å²) >= 11 is 1.38. The van der Waals surface area contributed by atoms with E-state index in [-0.39, 0.29) is 11.9 Å². The molecular formula is C20H22N6O2S. The van der Waals surface area contributed by atoms with E-state index in [2.05, 4.69) is 25.6 Å². The van der Waals surface area contributed by atoms with Crippen LogP contribution in [0.15, 0.2) is 24.4 Å². The molecule has 0 unspecified atom stereocenters. The second-order valence-corrected chi connectivity index (χ2v) is 7.85. The fraction of sp³-hybridized carbons (Fsp3) is 0.350. The molecule has 1 fully saturated rings. The quantitative estimate of drug-likeness (QED) is 0.695. The molecule has 0 aliphatic carbocycles. The van der Waals surface area contributed by atoms with Crippen LogP contribution >= 0.6 is 11.3 Å². The summed E-state index contributed by atoms with van der Waals surface area (Å²) in [5, 5.41) is 12.2. The number of hydrogen-bond acceptors (Lipinski definition) is 7. The smallest absolute Gasteiger partial charge is 0.263 e. The minimum Gasteiger partial charge on any atom is -0.381 e. The molecule has 1 aliphatic rings. The van der Waals surface area contributed by atoms with Crippen molar-refractivity contribution in [2.24, 2.45) is 7.05 Å². The lowest BCUT2D eigenvalue weighted by Crippen LogP contribution is -2.38. The fourth-order valence-corrected chi connectivity index (χ4v) is 4.05. The van der Waals surface area contributed by atoms with Gasteiger partial charge in [0.15, 0.2) is 0 Å². The van der Waals surface area contributed by atoms with Gasteiger partial charge in [-0.05, 0) is 44.1 Å². The summed E-state index contributed by atoms with van der Waals surface area (Å²) in [5.74, 6) is -0.0667. The molecule has 0 saturated carbocycles. The number of pyridine rings is 1. The number of ether oxygens (including phenoxy) is 1. The molecule has 4 rings (SSSR count). The van der Waals surface area contributed by atoms with Crippen molar-refractivity contribution in [3.8, 4) is 11.4 Å². The summed E-state index contributed by atoms with van der Waals surface area (Å²) in [6, 6.07) is 5.84. The normalized spacial score (nSPS) is 15.1. The van der Waals surface area contributed by atoms with Crippen LogP contribution in [0, 0.1) is 6.92 Å². The molecule has 3 aromatic heterocycles. The summed E-state index contributed by atoms with van der Waals surface area (Å²) < 4.78 is 7.04. The van der Waals surface area contributed by atoms with Gasteiger partial charge in [0.05, 0.1) is 17.1 Å². The van der Waals surface area contributed by atoms with Crippen LogP contribution in [0.4, 0.5) is 0 Å². The second kappa shape index (κ2) is 8.62. The maximum absolute atomic E-state index is 12.6. The van der Waals surface area contributed by atoms with Crippen LogP contribution in [0.3, 0.4) is 0 Å². The zero-order valence-electron chi connectivity index (χ0n) is 16.3. The molecule has 0 bridgehead atoms. The van der Waals surface area contributed by atoms with Crippen molar-refractivity contribution >= 4 is 29.4 Å². The van der Waals surface area contributed by atoms with Gasteiger partial charge in [0.2, 0.25) is 0 Å². The van der Waals surface area contributed by atoms with E-state index in [4.69, 9.17) is 4.74 Å². The highest BCUT2D eigenvalue weighted by Gasteiger charge is 2.20. The summed E-state index contributed by atoms with van der Waals surface area (Å²) in [5.41, 5.74) is 3.01. The number of aryl methyl sites for hydroxylation is 2. The molecule has 1 saturated heterocycles. The van der Waals surface area contributed by atoms with Crippen LogP contribution in [0.1, 0.15) is 38.9 Å². The van der Waals surface area contributed by atoms with E-state index in [1.165, 1.54) is 11.3 Å². The second-order valence-electron chi connectivity index (χ2n) is 6.82. The van der Waals surface area contributed by atoms with E-state index in [0.29, 0.717) is 23.8 Å². The van der Waals surface area contributed by atoms with Gasteiger partial charge in [-0.2, -0.15) is 0 Å². The maximum atomic E-state index is 12.6. The lowest BCUT2D eigenvalue weighted by atomic mass is 10.1. The molecule has 1 aliphatic heterocycles. The van der Waals surface area contributed by atoms with Gasteiger partial charge in [-0.15, -0.1) is 16.4 Å². The molecule has 150 valence electrons. The summed E-state index contributed by atoms with van der Waals surface area (Å²) in [7, 11) is 1.83. The lowest BCUT2D eigenvalue weighted by molar-refractivity contribution is 0.0698. The highest BCUT2D eigenvalue weighted by Crippen LogP contribution is 2.23. The van der Waals surface area contributed by atoms with E-state index in [1.807, 2.05) is 44.3 Å². The van der Waals surface area contributed by atoms with E-state index in [1.54, 1.807) is 10.9 Å². The van der Waals surface area contributed by atoms with Gasteiger partial charge in [0, 0.05) is 32.5 Å². The van der Waals surface area contributed by atoms with Gasteiger partial charge in [-0.25, -0.2) is 9.67 Å². The third-order valence-corrected chi connectivity index (χ3v) is 5.86. The number of nitrogens with zero attached hydrogens (tertiary/aromatic N) is 5. The van der Waals surface area contributed by atoms with Crippen LogP contribution < -0.4 is 5.32 Å². The Bertz CT molecular complexity index is 1020. The first-order chi connectivity index (χ1) is 14.1. The number of thiazole rings is 1. The summed E-state index contributed by atoms with van der Waals surface area (Å²) in [6.07, 6.45) is 7.21. The predicted octanol–water partition coefficient (Wildman–Crippen LogP) is 2.72. The Kier molecular flexibility index (Phi) is 5.77. The zero-order valence-corrected chi connectivity index (χ0v) is 17.1. The number of carbonyl (C=O) groups excluding carboxylic acids is 1. The van der Waals surface area contributed by atoms with Crippen molar-refractivity contribution in [1.82, 2.24) is 30.3 Å². The third-order valence-electron chi connectivity index (χ3n) is 4.74. The Balaban J connectivity index is 1.52. The predicted molar refractivity (Wildman–Crippen MR) is 111 cm³/mol. The van der Waals surface area contributed by atoms with Crippen molar-refractivity contribution in [3.63, 3.8) is 0 Å². The molecule has 3 aromatic rings. The summed E-state index contributed by atoms with van der Waals surface area (Å²) in [4.78, 5) is 22.2. The molecule has 4 heterocycles. The molecule has 0 atom stereocenters. The topological polar surface area (TPSA) is 94.8 Å². The molecule has 29 heavy (non-hydrogen) atoms. The van der Waals surface area contributed by atoms with Crippen molar-refractivity contribution in [2.75, 3.05) is 13.2 Å². The van der Waals surface area contributed by atoms with Crippen molar-refractivity contribution in [1.29, 1.82) is 0 Å². The van der Waals surface area contributed by atoms with Crippen LogP contribution in [-0.4, -0.2) is 50.1 Å². The molecular weight excluding hydrogens is 388 g/mol. The Hall–Kier alpha value is -2.91. The molecule has 9 heteroatoms. The Morgan fingerprint density at radius 1 is 1.31 bits per heavy atom. The van der Waals surface area contributed by atoms with E-state index < -0.39 is 0 Å². The zero-order chi connectivity index (χ0) is 20.2. The Morgan fingerprint density at radius 3 is 2.90 bits per heavy atom. The number of hydrogen-bond donors (Lipinski definition) is 1. The van der Waals surface area contributed by atoms with Gasteiger partial charge in [-0.1, -0.05) is 11.3 Å². The first kappa shape index (κ1) is 19.4. The summed E-state index contributed by atoms with van der Waals surface area (Å²) in [6.45, 7) is 3.24. The number of rotatable bonds is 5. The molecule has 0 spiro atoms. The number of nitrogens with one attached hydrogen (secondary N) is 1. The molecule has 1 amide bonds. The minimum atomic E-state index is -0.0667. The molecule has 1 N–H and O–H groups in total. The van der Waals surface area contributed by atoms with E-state index >= 15 is 0 Å². The monoisotopic (exact) mass is 410 g/mol. The van der Waals surface area contributed by atoms with Crippen LogP contribution in [0.5, 0.6) is 0 Å². The van der Waals surface area contributed by atoms with E-state index in [0.717, 1.165) is 34.9 Å². The molecule has 8 nitrogen and oxygen atoms in total. The Labute approximate surface area is 172 Å². The largest absolute Gasteiger partial charge is 0.381 e. The van der Waals surface area contributed by atoms with Crippen LogP contribution in [0.25, 0.3) is 23.5 Å². The number of aromatic nitrogens is 5. The van der Waals surface area contributed by atoms with Gasteiger partial charge in [0.1, 0.15) is 15.6 Å². The third kappa shape index (κ3) is 4.41. The fourth-order valence-electron chi connectivity index (χ4n) is 3.18. The van der Waals surface area contributed by atoms with Gasteiger partial charge < -0.3 is 10.1 Å². The molecule has 0 aromatic carbocycles. The van der Waals surface area contributed by atoms with Gasteiger partial charge in [-0.3, -0.25) is 9.78 Å². The standard InChI is InChI=1S/C20H22N6O2S/c1-13-19(20(27)23-14-8-11-28-12-9-14)29-17(22-13)7-6-16-18(24-25-26(16)2)15-5-3-4-10-21-15/h3-7,10,14H,8-9,11-12H2,1-2H3,(H,23,27)/b7-6+. The minimum absolute atomic E-state index is 0.0667. The van der Waals surface area contributed by atoms with Crippen molar-refractivity contribution < 1.29 is 9.53 Å². The SMILES string of the molecule is Cc1nc(/C=C/c2c(-c3ccccn3)nnn2C)sc1C(=O)NC1CCOCC1. The van der Waals surface area contributed by atoms with Crippen molar-refractivity contribution in [2.45, 2.75) is 25.8 Å². The number of carbonyl (C=O) groups is 1. The highest BCUT2D eigenvalue weighted by atomic mass is 32.1. The van der Waals surface area contributed by atoms with Crippen LogP contribution in [-0.2, 0) is 11.8 Å². The van der Waals surface area contributed by atoms with Gasteiger partial charge in [0.25, 0.3) is 5.91 Å². The average Bonchev–Trinajstić information content (AvgIpc) is 3.30. The first-order valence-electron chi connectivity index (χ1n) is 9.47. The molecule has 0 radical (unpaired) electrons. The average molecular weight is 411 g/mol. The lowest BCUT2D eigenvalue weighted by Gasteiger charge is -2.22. The van der Waals surface area contributed by atoms with Crippen LogP contribution in [0.2, 0.25) is 0 Å². The van der Waals surface area contributed by atoms with Crippen molar-refractivity contribution in [3.05, 3.63) is 45.7 Å². The van der Waals surface area contributed by atoms with Gasteiger partial charge >= 0.3 is 0 Å². The Morgan fingerprint density at radius 2 is 2.14 bits per heavy atom. The first-order valence-corrected chi connectivity index (χ1v) is 10.3. The number of amides is 1. The highest BCUT2D eigenvalue weighted by molar-refractivity contribution is 7.14. The van der Waals surface area contributed by atoms with E-state index in [9.17, 15) is 4.79 Å².